The molecule has 0 aliphatic carbocycles. The number of pyridine rings is 1. The molecular formula is C28H28ClN5O. The maximum Gasteiger partial charge on any atom is 0.254 e. The largest absolute Gasteiger partial charge is 0.338 e. The zero-order valence-corrected chi connectivity index (χ0v) is 20.4. The third-order valence-electron chi connectivity index (χ3n) is 7.30. The number of aryl methyl sites for hydroxylation is 1. The number of aromatic nitrogens is 4. The maximum atomic E-state index is 13.9. The highest BCUT2D eigenvalue weighted by Gasteiger charge is 2.30. The Morgan fingerprint density at radius 1 is 0.943 bits per heavy atom. The molecule has 1 unspecified atom stereocenters. The second-order valence-electron chi connectivity index (χ2n) is 9.61. The van der Waals surface area contributed by atoms with Crippen LogP contribution in [0.15, 0.2) is 54.6 Å². The molecule has 178 valence electrons. The predicted molar refractivity (Wildman–Crippen MR) is 138 cm³/mol. The van der Waals surface area contributed by atoms with Gasteiger partial charge in [0.2, 0.25) is 0 Å². The molecule has 2 aromatic carbocycles. The number of hydrogen-bond donors (Lipinski definition) is 0. The van der Waals surface area contributed by atoms with Crippen LogP contribution in [0.4, 0.5) is 0 Å². The summed E-state index contributed by atoms with van der Waals surface area (Å²) in [7, 11) is 0. The van der Waals surface area contributed by atoms with Gasteiger partial charge in [0.15, 0.2) is 0 Å². The van der Waals surface area contributed by atoms with Crippen LogP contribution in [0.1, 0.15) is 60.0 Å². The van der Waals surface area contributed by atoms with E-state index in [4.69, 9.17) is 16.6 Å². The molecule has 1 atom stereocenters. The number of halogens is 1. The monoisotopic (exact) mass is 485 g/mol. The molecule has 4 aromatic rings. The van der Waals surface area contributed by atoms with Crippen LogP contribution in [0, 0.1) is 0 Å². The molecular weight excluding hydrogens is 458 g/mol. The van der Waals surface area contributed by atoms with Gasteiger partial charge in [0.1, 0.15) is 11.6 Å². The lowest BCUT2D eigenvalue weighted by Crippen LogP contribution is -2.40. The lowest BCUT2D eigenvalue weighted by atomic mass is 9.95. The van der Waals surface area contributed by atoms with Gasteiger partial charge in [0, 0.05) is 47.9 Å². The summed E-state index contributed by atoms with van der Waals surface area (Å²) in [5.74, 6) is 2.43. The number of nitrogens with zero attached hydrogens (tertiary/aromatic N) is 5. The van der Waals surface area contributed by atoms with Crippen LogP contribution < -0.4 is 0 Å². The van der Waals surface area contributed by atoms with Crippen molar-refractivity contribution in [1.82, 2.24) is 24.6 Å². The first-order valence-electron chi connectivity index (χ1n) is 12.5. The van der Waals surface area contributed by atoms with E-state index in [1.165, 1.54) is 19.3 Å². The van der Waals surface area contributed by atoms with Gasteiger partial charge in [-0.1, -0.05) is 48.4 Å². The van der Waals surface area contributed by atoms with Crippen LogP contribution in [0.3, 0.4) is 0 Å². The Morgan fingerprint density at radius 3 is 2.69 bits per heavy atom. The Hall–Kier alpha value is -3.25. The van der Waals surface area contributed by atoms with E-state index in [0.29, 0.717) is 17.1 Å². The highest BCUT2D eigenvalue weighted by molar-refractivity contribution is 6.30. The number of likely N-dealkylation sites (tertiary alicyclic amines) is 1. The van der Waals surface area contributed by atoms with E-state index in [1.54, 1.807) is 0 Å². The predicted octanol–water partition coefficient (Wildman–Crippen LogP) is 5.89. The van der Waals surface area contributed by atoms with Crippen molar-refractivity contribution in [2.45, 2.75) is 51.0 Å². The van der Waals surface area contributed by atoms with Crippen LogP contribution in [0.25, 0.3) is 22.2 Å². The van der Waals surface area contributed by atoms with Crippen LogP contribution in [-0.4, -0.2) is 43.6 Å². The highest BCUT2D eigenvalue weighted by atomic mass is 35.5. The normalized spacial score (nSPS) is 18.3. The van der Waals surface area contributed by atoms with E-state index in [-0.39, 0.29) is 11.8 Å². The molecule has 35 heavy (non-hydrogen) atoms. The summed E-state index contributed by atoms with van der Waals surface area (Å²) >= 11 is 6.09. The molecule has 2 aliphatic heterocycles. The van der Waals surface area contributed by atoms with Crippen molar-refractivity contribution >= 4 is 28.4 Å². The van der Waals surface area contributed by atoms with Crippen LogP contribution in [0.5, 0.6) is 0 Å². The third kappa shape index (κ3) is 4.31. The van der Waals surface area contributed by atoms with Gasteiger partial charge >= 0.3 is 0 Å². The lowest BCUT2D eigenvalue weighted by Gasteiger charge is -2.33. The Labute approximate surface area is 210 Å². The van der Waals surface area contributed by atoms with Gasteiger partial charge in [0.25, 0.3) is 5.91 Å². The topological polar surface area (TPSA) is 63.9 Å². The van der Waals surface area contributed by atoms with Gasteiger partial charge in [-0.3, -0.25) is 4.79 Å². The van der Waals surface area contributed by atoms with Crippen LogP contribution in [0.2, 0.25) is 5.02 Å². The molecule has 2 aliphatic rings. The molecule has 0 N–H and O–H groups in total. The average molecular weight is 486 g/mol. The Balaban J connectivity index is 1.33. The number of carbonyl (C=O) groups excluding carboxylic acids is 1. The zero-order valence-electron chi connectivity index (χ0n) is 19.7. The molecule has 1 saturated heterocycles. The van der Waals surface area contributed by atoms with Gasteiger partial charge in [-0.2, -0.15) is 0 Å². The number of amides is 1. The average Bonchev–Trinajstić information content (AvgIpc) is 3.16. The minimum Gasteiger partial charge on any atom is -0.338 e. The van der Waals surface area contributed by atoms with E-state index >= 15 is 0 Å². The molecule has 0 saturated carbocycles. The minimum atomic E-state index is 0.0547. The standard InChI is InChI=1S/C28H28ClN5O/c29-21-13-11-19(12-14-21)25-17-23(22-8-3-4-9-24(22)30-25)28(35)33-15-6-7-20(18-33)27-32-31-26-10-2-1-5-16-34(26)27/h3-4,8-9,11-14,17,20H,1-2,5-7,10,15-16,18H2. The van der Waals surface area contributed by atoms with Crippen molar-refractivity contribution in [3.63, 3.8) is 0 Å². The fourth-order valence-electron chi connectivity index (χ4n) is 5.47. The summed E-state index contributed by atoms with van der Waals surface area (Å²) in [5, 5.41) is 10.7. The third-order valence-corrected chi connectivity index (χ3v) is 7.55. The van der Waals surface area contributed by atoms with Crippen molar-refractivity contribution in [2.75, 3.05) is 13.1 Å². The Morgan fingerprint density at radius 2 is 1.80 bits per heavy atom. The summed E-state index contributed by atoms with van der Waals surface area (Å²) in [6.45, 7) is 2.41. The van der Waals surface area contributed by atoms with Gasteiger partial charge in [0.05, 0.1) is 16.8 Å². The lowest BCUT2D eigenvalue weighted by molar-refractivity contribution is 0.0705. The van der Waals surface area contributed by atoms with E-state index in [9.17, 15) is 4.79 Å². The molecule has 2 aromatic heterocycles. The van der Waals surface area contributed by atoms with Crippen molar-refractivity contribution in [1.29, 1.82) is 0 Å². The second-order valence-corrected chi connectivity index (χ2v) is 10.0. The molecule has 6 nitrogen and oxygen atoms in total. The Kier molecular flexibility index (Phi) is 5.98. The molecule has 7 heteroatoms. The number of hydrogen-bond acceptors (Lipinski definition) is 4. The summed E-state index contributed by atoms with van der Waals surface area (Å²) < 4.78 is 2.33. The number of para-hydroxylation sites is 1. The number of rotatable bonds is 3. The molecule has 1 fully saturated rings. The fourth-order valence-corrected chi connectivity index (χ4v) is 5.60. The van der Waals surface area contributed by atoms with E-state index < -0.39 is 0 Å². The van der Waals surface area contributed by atoms with Crippen molar-refractivity contribution < 1.29 is 4.79 Å². The van der Waals surface area contributed by atoms with Crippen LogP contribution in [-0.2, 0) is 13.0 Å². The molecule has 4 heterocycles. The maximum absolute atomic E-state index is 13.9. The molecule has 0 radical (unpaired) electrons. The first kappa shape index (κ1) is 22.2. The number of piperidine rings is 1. The molecule has 0 spiro atoms. The number of benzene rings is 2. The van der Waals surface area contributed by atoms with Crippen LogP contribution >= 0.6 is 11.6 Å². The first-order valence-corrected chi connectivity index (χ1v) is 12.9. The zero-order chi connectivity index (χ0) is 23.8. The van der Waals surface area contributed by atoms with Gasteiger partial charge in [-0.15, -0.1) is 10.2 Å². The fraction of sp³-hybridized carbons (Fsp3) is 0.357. The quantitative estimate of drug-likeness (QED) is 0.363. The number of fused-ring (bicyclic) bond motifs is 2. The highest BCUT2D eigenvalue weighted by Crippen LogP contribution is 2.31. The van der Waals surface area contributed by atoms with Gasteiger partial charge < -0.3 is 9.47 Å². The molecule has 0 bridgehead atoms. The minimum absolute atomic E-state index is 0.0547. The second kappa shape index (κ2) is 9.42. The number of carbonyl (C=O) groups is 1. The van der Waals surface area contributed by atoms with Crippen molar-refractivity contribution in [3.05, 3.63) is 76.8 Å². The summed E-state index contributed by atoms with van der Waals surface area (Å²) in [4.78, 5) is 20.8. The van der Waals surface area contributed by atoms with Crippen molar-refractivity contribution in [2.24, 2.45) is 0 Å². The van der Waals surface area contributed by atoms with E-state index in [2.05, 4.69) is 14.8 Å². The van der Waals surface area contributed by atoms with E-state index in [1.807, 2.05) is 59.5 Å². The first-order chi connectivity index (χ1) is 17.2. The summed E-state index contributed by atoms with van der Waals surface area (Å²) in [5.41, 5.74) is 3.23. The summed E-state index contributed by atoms with van der Waals surface area (Å²) in [6, 6.07) is 17.4. The van der Waals surface area contributed by atoms with Gasteiger partial charge in [-0.05, 0) is 49.9 Å². The SMILES string of the molecule is O=C(c1cc(-c2ccc(Cl)cc2)nc2ccccc12)N1CCCC(c2nnc3n2CCCCC3)C1. The summed E-state index contributed by atoms with van der Waals surface area (Å²) in [6.07, 6.45) is 6.59. The van der Waals surface area contributed by atoms with Gasteiger partial charge in [-0.25, -0.2) is 4.98 Å². The van der Waals surface area contributed by atoms with E-state index in [0.717, 1.165) is 66.2 Å². The smallest absolute Gasteiger partial charge is 0.254 e. The molecule has 1 amide bonds. The Bertz CT molecular complexity index is 1380. The molecule has 6 rings (SSSR count). The van der Waals surface area contributed by atoms with Crippen molar-refractivity contribution in [3.8, 4) is 11.3 Å².